The molecule has 34 heavy (non-hydrogen) atoms. The molecule has 0 bridgehead atoms. The van der Waals surface area contributed by atoms with Crippen molar-refractivity contribution in [1.29, 1.82) is 0 Å². The van der Waals surface area contributed by atoms with Crippen LogP contribution in [0.4, 0.5) is 4.39 Å². The zero-order valence-corrected chi connectivity index (χ0v) is 18.5. The molecule has 7 N–H and O–H groups in total. The van der Waals surface area contributed by atoms with Crippen LogP contribution in [0.2, 0.25) is 0 Å². The van der Waals surface area contributed by atoms with E-state index in [9.17, 15) is 39.5 Å². The van der Waals surface area contributed by atoms with E-state index < -0.39 is 58.0 Å². The Morgan fingerprint density at radius 3 is 2.32 bits per heavy atom. The number of nitrogens with zero attached hydrogens (tertiary/aromatic N) is 2. The molecule has 4 rings (SSSR count). The summed E-state index contributed by atoms with van der Waals surface area (Å²) in [6.45, 7) is 5.63. The Labute approximate surface area is 192 Å². The number of fused-ring (bicyclic) bond motifs is 1. The second kappa shape index (κ2) is 9.83. The van der Waals surface area contributed by atoms with Crippen molar-refractivity contribution in [2.45, 2.75) is 20.3 Å². The zero-order valence-electron chi connectivity index (χ0n) is 18.5. The first-order valence-electron chi connectivity index (χ1n) is 10.6. The Hall–Kier alpha value is -4.06. The van der Waals surface area contributed by atoms with Gasteiger partial charge in [-0.05, 0) is 6.07 Å². The van der Waals surface area contributed by atoms with Gasteiger partial charge in [-0.1, -0.05) is 13.8 Å². The van der Waals surface area contributed by atoms with Crippen molar-refractivity contribution in [1.82, 2.24) is 20.4 Å². The number of phenols is 5. The third kappa shape index (κ3) is 4.27. The van der Waals surface area contributed by atoms with Crippen molar-refractivity contribution in [2.24, 2.45) is 0 Å². The van der Waals surface area contributed by atoms with Gasteiger partial charge in [0, 0.05) is 49.6 Å². The monoisotopic (exact) mass is 476 g/mol. The number of hydrogen-bond donors (Lipinski definition) is 7. The average molecular weight is 476 g/mol. The summed E-state index contributed by atoms with van der Waals surface area (Å²) in [5, 5.41) is 59.1. The maximum Gasteiger partial charge on any atom is 0.275 e. The number of benzene rings is 2. The molecule has 1 amide bonds. The van der Waals surface area contributed by atoms with E-state index in [1.165, 1.54) is 4.90 Å². The average Bonchev–Trinajstić information content (AvgIpc) is 2.83. The molecule has 2 heterocycles. The minimum Gasteiger partial charge on any atom is -0.507 e. The number of carbonyl (C=O) groups is 1. The van der Waals surface area contributed by atoms with Crippen LogP contribution in [0.1, 0.15) is 35.5 Å². The summed E-state index contributed by atoms with van der Waals surface area (Å²) in [6.07, 6.45) is -0.406. The van der Waals surface area contributed by atoms with Crippen molar-refractivity contribution >= 4 is 16.7 Å². The normalized spacial score (nSPS) is 13.4. The topological polar surface area (TPSA) is 179 Å². The third-order valence-corrected chi connectivity index (χ3v) is 5.38. The van der Waals surface area contributed by atoms with Crippen LogP contribution < -0.4 is 10.9 Å². The van der Waals surface area contributed by atoms with Gasteiger partial charge in [-0.25, -0.2) is 9.49 Å². The van der Waals surface area contributed by atoms with Crippen LogP contribution in [0.3, 0.4) is 0 Å². The van der Waals surface area contributed by atoms with Gasteiger partial charge in [0.2, 0.25) is 5.75 Å². The Morgan fingerprint density at radius 1 is 1.03 bits per heavy atom. The third-order valence-electron chi connectivity index (χ3n) is 5.38. The van der Waals surface area contributed by atoms with Crippen molar-refractivity contribution in [3.63, 3.8) is 0 Å². The highest BCUT2D eigenvalue weighted by atomic mass is 19.1. The maximum atomic E-state index is 14.6. The number of carbonyl (C=O) groups excluding carboxylic acids is 1. The fraction of sp³-hybridized carbons (Fsp3) is 0.318. The molecule has 1 saturated heterocycles. The van der Waals surface area contributed by atoms with Crippen LogP contribution in [0.15, 0.2) is 16.9 Å². The summed E-state index contributed by atoms with van der Waals surface area (Å²) < 4.78 is 14.6. The number of rotatable bonds is 3. The maximum absolute atomic E-state index is 14.6. The molecule has 0 spiro atoms. The van der Waals surface area contributed by atoms with Crippen LogP contribution in [-0.4, -0.2) is 72.7 Å². The van der Waals surface area contributed by atoms with Gasteiger partial charge in [0.15, 0.2) is 11.5 Å². The van der Waals surface area contributed by atoms with Crippen molar-refractivity contribution in [3.05, 3.63) is 45.1 Å². The Morgan fingerprint density at radius 2 is 1.68 bits per heavy atom. The Bertz CT molecular complexity index is 1300. The van der Waals surface area contributed by atoms with Gasteiger partial charge in [-0.15, -0.1) is 0 Å². The van der Waals surface area contributed by atoms with E-state index in [-0.39, 0.29) is 22.0 Å². The molecule has 1 aliphatic heterocycles. The van der Waals surface area contributed by atoms with Gasteiger partial charge in [0.25, 0.3) is 11.5 Å². The minimum atomic E-state index is -1.10. The predicted octanol–water partition coefficient (Wildman–Crippen LogP) is 1.25. The molecule has 182 valence electrons. The SMILES string of the molecule is CC.O=C(c1c(F)cc(O)c(Cc2n[nH]c(=O)c3c(O)c(O)c(O)cc23)c1O)N1CCNCC1. The second-order valence-corrected chi connectivity index (χ2v) is 7.31. The molecule has 2 aromatic carbocycles. The van der Waals surface area contributed by atoms with Crippen LogP contribution >= 0.6 is 0 Å². The zero-order chi connectivity index (χ0) is 25.2. The van der Waals surface area contributed by atoms with Gasteiger partial charge >= 0.3 is 0 Å². The van der Waals surface area contributed by atoms with Crippen LogP contribution in [0.25, 0.3) is 10.8 Å². The van der Waals surface area contributed by atoms with Crippen LogP contribution in [-0.2, 0) is 6.42 Å². The lowest BCUT2D eigenvalue weighted by atomic mass is 9.98. The molecule has 0 saturated carbocycles. The highest BCUT2D eigenvalue weighted by Crippen LogP contribution is 2.41. The van der Waals surface area contributed by atoms with Gasteiger partial charge < -0.3 is 35.7 Å². The summed E-state index contributed by atoms with van der Waals surface area (Å²) in [7, 11) is 0. The molecular formula is C22H25FN4O7. The smallest absolute Gasteiger partial charge is 0.275 e. The molecule has 12 heteroatoms. The number of halogens is 1. The van der Waals surface area contributed by atoms with Crippen molar-refractivity contribution in [2.75, 3.05) is 26.2 Å². The van der Waals surface area contributed by atoms with Crippen LogP contribution in [0, 0.1) is 5.82 Å². The first-order valence-corrected chi connectivity index (χ1v) is 10.6. The molecule has 0 atom stereocenters. The second-order valence-electron chi connectivity index (χ2n) is 7.31. The first kappa shape index (κ1) is 24.6. The lowest BCUT2D eigenvalue weighted by Crippen LogP contribution is -2.46. The van der Waals surface area contributed by atoms with Gasteiger partial charge in [0.1, 0.15) is 22.9 Å². The lowest BCUT2D eigenvalue weighted by Gasteiger charge is -2.28. The summed E-state index contributed by atoms with van der Waals surface area (Å²) in [5.41, 5.74) is -1.77. The van der Waals surface area contributed by atoms with Crippen molar-refractivity contribution in [3.8, 4) is 28.7 Å². The van der Waals surface area contributed by atoms with E-state index in [4.69, 9.17) is 0 Å². The number of phenolic OH excluding ortho intramolecular Hbond substituents is 5. The molecule has 1 aliphatic rings. The summed E-state index contributed by atoms with van der Waals surface area (Å²) in [5.74, 6) is -5.83. The van der Waals surface area contributed by atoms with E-state index in [2.05, 4.69) is 15.5 Å². The summed E-state index contributed by atoms with van der Waals surface area (Å²) >= 11 is 0. The largest absolute Gasteiger partial charge is 0.507 e. The van der Waals surface area contributed by atoms with E-state index in [0.29, 0.717) is 32.2 Å². The standard InChI is InChI=1S/C20H19FN4O7.C2H6/c21-10-7-12(26)9(16(28)15(10)20(32)25-3-1-22-2-4-25)5-11-8-6-13(27)17(29)18(30)14(8)19(31)24-23-11;1-2/h6-7,22,26-30H,1-5H2,(H,24,31);1-2H3. The predicted molar refractivity (Wildman–Crippen MR) is 120 cm³/mol. The van der Waals surface area contributed by atoms with Gasteiger partial charge in [-0.3, -0.25) is 9.59 Å². The highest BCUT2D eigenvalue weighted by Gasteiger charge is 2.28. The number of nitrogens with one attached hydrogen (secondary N) is 2. The van der Waals surface area contributed by atoms with Crippen LogP contribution in [0.5, 0.6) is 28.7 Å². The highest BCUT2D eigenvalue weighted by molar-refractivity contribution is 5.98. The molecule has 1 aromatic heterocycles. The Kier molecular flexibility index (Phi) is 7.11. The molecule has 0 radical (unpaired) electrons. The number of aromatic amines is 1. The van der Waals surface area contributed by atoms with Crippen molar-refractivity contribution < 1.29 is 34.7 Å². The van der Waals surface area contributed by atoms with E-state index >= 15 is 0 Å². The molecular weight excluding hydrogens is 451 g/mol. The summed E-state index contributed by atoms with van der Waals surface area (Å²) in [6, 6.07) is 1.67. The number of aromatic hydroxyl groups is 5. The molecule has 1 fully saturated rings. The number of amides is 1. The Balaban J connectivity index is 0.00000158. The van der Waals surface area contributed by atoms with E-state index in [1.54, 1.807) is 0 Å². The van der Waals surface area contributed by atoms with Gasteiger partial charge in [-0.2, -0.15) is 5.10 Å². The number of piperazine rings is 1. The minimum absolute atomic E-state index is 0.0389. The molecule has 0 aliphatic carbocycles. The number of aromatic nitrogens is 2. The van der Waals surface area contributed by atoms with E-state index in [0.717, 1.165) is 6.07 Å². The fourth-order valence-electron chi connectivity index (χ4n) is 3.71. The number of hydrogen-bond acceptors (Lipinski definition) is 9. The molecule has 11 nitrogen and oxygen atoms in total. The van der Waals surface area contributed by atoms with E-state index in [1.807, 2.05) is 13.8 Å². The summed E-state index contributed by atoms with van der Waals surface area (Å²) in [4.78, 5) is 26.3. The quantitative estimate of drug-likeness (QED) is 0.274. The fourth-order valence-corrected chi connectivity index (χ4v) is 3.71. The molecule has 3 aromatic rings. The molecule has 0 unspecified atom stereocenters. The lowest BCUT2D eigenvalue weighted by molar-refractivity contribution is 0.0727. The first-order chi connectivity index (χ1) is 16.2. The van der Waals surface area contributed by atoms with Gasteiger partial charge in [0.05, 0.1) is 11.1 Å². The number of H-pyrrole nitrogens is 1.